The van der Waals surface area contributed by atoms with E-state index in [2.05, 4.69) is 16.1 Å². The third kappa shape index (κ3) is 3.72. The first-order valence-electron chi connectivity index (χ1n) is 3.38. The summed E-state index contributed by atoms with van der Waals surface area (Å²) in [5.41, 5.74) is 2.08. The van der Waals surface area contributed by atoms with Crippen LogP contribution in [0.2, 0.25) is 0 Å². The van der Waals surface area contributed by atoms with Crippen LogP contribution in [0.3, 0.4) is 0 Å². The molecule has 0 radical (unpaired) electrons. The third-order valence-electron chi connectivity index (χ3n) is 1.30. The Bertz CT molecular complexity index is 243. The molecule has 0 bridgehead atoms. The van der Waals surface area contributed by atoms with Gasteiger partial charge in [-0.3, -0.25) is 0 Å². The zero-order chi connectivity index (χ0) is 8.10. The minimum Gasteiger partial charge on any atom is -0.576 e. The largest absolute Gasteiger partial charge is 1.00 e. The molecule has 0 spiro atoms. The van der Waals surface area contributed by atoms with Crippen molar-refractivity contribution in [2.75, 3.05) is 7.11 Å². The molecule has 0 amide bonds. The van der Waals surface area contributed by atoms with Crippen LogP contribution in [0, 0.1) is 6.92 Å². The fraction of sp³-hybridized carbons (Fsp3) is 0.222. The van der Waals surface area contributed by atoms with Gasteiger partial charge in [0, 0.05) is 6.40 Å². The van der Waals surface area contributed by atoms with E-state index in [0.717, 1.165) is 5.69 Å². The summed E-state index contributed by atoms with van der Waals surface area (Å²) in [6.45, 7) is 2.04. The van der Waals surface area contributed by atoms with Crippen LogP contribution in [0.5, 0.6) is 0 Å². The number of ether oxygens (including phenoxy) is 1. The van der Waals surface area contributed by atoms with Crippen LogP contribution in [0.25, 0.3) is 0 Å². The number of methoxy groups -OCH3 is 1. The Morgan fingerprint density at radius 1 is 1.25 bits per heavy atom. The van der Waals surface area contributed by atoms with Crippen molar-refractivity contribution >= 4 is 12.1 Å². The number of nitrogens with zero attached hydrogens (tertiary/aromatic N) is 1. The van der Waals surface area contributed by atoms with E-state index < -0.39 is 0 Å². The summed E-state index contributed by atoms with van der Waals surface area (Å²) >= 11 is 0. The van der Waals surface area contributed by atoms with E-state index in [9.17, 15) is 0 Å². The first-order chi connectivity index (χ1) is 5.33. The molecule has 1 rings (SSSR count). The molecule has 0 heterocycles. The quantitative estimate of drug-likeness (QED) is 0.349. The van der Waals surface area contributed by atoms with Crippen LogP contribution in [0.15, 0.2) is 29.3 Å². The molecular weight excluding hydrogens is 335 g/mol. The Hall–Kier alpha value is -0.570. The molecule has 0 atom stereocenters. The number of benzene rings is 1. The van der Waals surface area contributed by atoms with Gasteiger partial charge in [0.25, 0.3) is 0 Å². The summed E-state index contributed by atoms with van der Waals surface area (Å²) in [7, 11) is 1.53. The first-order valence-corrected chi connectivity index (χ1v) is 3.38. The van der Waals surface area contributed by atoms with Crippen molar-refractivity contribution < 1.29 is 27.1 Å². The molecule has 1 aromatic carbocycles. The standard InChI is InChI=1S/C9H10NO.Au/c1-8-3-5-9(6-4-8)10-7-11-2;/h3-6H,1-2H3;/q-1;+1. The average molecular weight is 345 g/mol. The van der Waals surface area contributed by atoms with Crippen molar-refractivity contribution in [2.45, 2.75) is 6.92 Å². The van der Waals surface area contributed by atoms with Crippen molar-refractivity contribution in [3.8, 4) is 0 Å². The van der Waals surface area contributed by atoms with Gasteiger partial charge in [-0.15, -0.1) is 12.1 Å². The Balaban J connectivity index is 0.00000121. The van der Waals surface area contributed by atoms with Crippen LogP contribution >= 0.6 is 0 Å². The van der Waals surface area contributed by atoms with E-state index in [1.165, 1.54) is 12.7 Å². The topological polar surface area (TPSA) is 21.6 Å². The third-order valence-corrected chi connectivity index (χ3v) is 1.30. The Labute approximate surface area is 88.2 Å². The Kier molecular flexibility index (Phi) is 5.72. The maximum Gasteiger partial charge on any atom is 1.00 e. The van der Waals surface area contributed by atoms with Gasteiger partial charge < -0.3 is 9.73 Å². The zero-order valence-corrected chi connectivity index (χ0v) is 9.13. The van der Waals surface area contributed by atoms with Gasteiger partial charge in [0.15, 0.2) is 0 Å². The maximum atomic E-state index is 4.56. The van der Waals surface area contributed by atoms with Gasteiger partial charge in [-0.05, 0) is 6.92 Å². The molecule has 0 aliphatic carbocycles. The van der Waals surface area contributed by atoms with E-state index in [1.54, 1.807) is 0 Å². The molecule has 0 aromatic heterocycles. The van der Waals surface area contributed by atoms with Crippen LogP contribution in [0.4, 0.5) is 5.69 Å². The van der Waals surface area contributed by atoms with Gasteiger partial charge >= 0.3 is 22.4 Å². The molecule has 0 saturated carbocycles. The van der Waals surface area contributed by atoms with Gasteiger partial charge in [-0.1, -0.05) is 23.4 Å². The van der Waals surface area contributed by atoms with Crippen molar-refractivity contribution in [1.82, 2.24) is 0 Å². The number of aryl methyl sites for hydroxylation is 1. The smallest absolute Gasteiger partial charge is 0.576 e. The molecule has 68 valence electrons. The number of aliphatic imine (C=N–C) groups is 1. The minimum absolute atomic E-state index is 0. The predicted octanol–water partition coefficient (Wildman–Crippen LogP) is 2.18. The van der Waals surface area contributed by atoms with E-state index in [1.807, 2.05) is 31.2 Å². The van der Waals surface area contributed by atoms with Crippen LogP contribution < -0.4 is 0 Å². The molecule has 0 unspecified atom stereocenters. The summed E-state index contributed by atoms with van der Waals surface area (Å²) in [4.78, 5) is 3.89. The van der Waals surface area contributed by atoms with Crippen LogP contribution in [0.1, 0.15) is 5.56 Å². The van der Waals surface area contributed by atoms with E-state index in [0.29, 0.717) is 0 Å². The molecule has 0 N–H and O–H groups in total. The van der Waals surface area contributed by atoms with Crippen molar-refractivity contribution in [1.29, 1.82) is 0 Å². The Morgan fingerprint density at radius 2 is 1.83 bits per heavy atom. The predicted molar refractivity (Wildman–Crippen MR) is 45.3 cm³/mol. The summed E-state index contributed by atoms with van der Waals surface area (Å²) in [6, 6.07) is 7.83. The van der Waals surface area contributed by atoms with E-state index in [4.69, 9.17) is 0 Å². The van der Waals surface area contributed by atoms with Crippen LogP contribution in [-0.2, 0) is 27.1 Å². The fourth-order valence-corrected chi connectivity index (χ4v) is 0.718. The van der Waals surface area contributed by atoms with E-state index >= 15 is 0 Å². The van der Waals surface area contributed by atoms with Gasteiger partial charge in [-0.2, -0.15) is 0 Å². The SMILES string of the molecule is CO[C-]=Nc1ccc(C)cc1.[Au+]. The second-order valence-electron chi connectivity index (χ2n) is 2.24. The molecule has 12 heavy (non-hydrogen) atoms. The molecule has 1 aromatic rings. The zero-order valence-electron chi connectivity index (χ0n) is 6.97. The molecular formula is C9H10AuNO. The van der Waals surface area contributed by atoms with Gasteiger partial charge in [-0.25, -0.2) is 0 Å². The van der Waals surface area contributed by atoms with Gasteiger partial charge in [0.2, 0.25) is 0 Å². The summed E-state index contributed by atoms with van der Waals surface area (Å²) < 4.78 is 4.56. The van der Waals surface area contributed by atoms with Crippen molar-refractivity contribution in [3.05, 3.63) is 29.8 Å². The average Bonchev–Trinajstić information content (AvgIpc) is 2.04. The van der Waals surface area contributed by atoms with Crippen LogP contribution in [-0.4, -0.2) is 13.5 Å². The normalized spacial score (nSPS) is 9.50. The molecule has 0 aliphatic rings. The Morgan fingerprint density at radius 3 is 2.33 bits per heavy atom. The molecule has 0 aliphatic heterocycles. The number of hydrogen-bond acceptors (Lipinski definition) is 2. The summed E-state index contributed by atoms with van der Waals surface area (Å²) in [6.07, 6.45) is 2.41. The van der Waals surface area contributed by atoms with Crippen molar-refractivity contribution in [3.63, 3.8) is 0 Å². The summed E-state index contributed by atoms with van der Waals surface area (Å²) in [5, 5.41) is 0. The van der Waals surface area contributed by atoms with Gasteiger partial charge in [0.05, 0.1) is 7.11 Å². The number of rotatable bonds is 2. The molecule has 0 saturated heterocycles. The fourth-order valence-electron chi connectivity index (χ4n) is 0.718. The first kappa shape index (κ1) is 11.4. The second kappa shape index (κ2) is 6.00. The molecule has 3 heteroatoms. The van der Waals surface area contributed by atoms with Crippen molar-refractivity contribution in [2.24, 2.45) is 4.99 Å². The molecule has 0 fully saturated rings. The van der Waals surface area contributed by atoms with E-state index in [-0.39, 0.29) is 22.4 Å². The maximum absolute atomic E-state index is 4.56. The molecule has 2 nitrogen and oxygen atoms in total. The summed E-state index contributed by atoms with van der Waals surface area (Å²) in [5.74, 6) is 0. The number of hydrogen-bond donors (Lipinski definition) is 0. The monoisotopic (exact) mass is 345 g/mol. The minimum atomic E-state index is 0. The van der Waals surface area contributed by atoms with Gasteiger partial charge in [0.1, 0.15) is 0 Å². The second-order valence-corrected chi connectivity index (χ2v) is 2.24.